The molecule has 1 aliphatic heterocycles. The zero-order valence-electron chi connectivity index (χ0n) is 14.3. The van der Waals surface area contributed by atoms with Gasteiger partial charge in [-0.3, -0.25) is 9.59 Å². The SMILES string of the molecule is CCOC(=O)C1CC[NH+](CC(=O)N[C@H](C)c2ccc(Br)cc2)CC1. The molecule has 0 bridgehead atoms. The Hall–Kier alpha value is -1.40. The number of rotatable bonds is 6. The minimum Gasteiger partial charge on any atom is -0.466 e. The van der Waals surface area contributed by atoms with Gasteiger partial charge in [-0.1, -0.05) is 28.1 Å². The van der Waals surface area contributed by atoms with Crippen molar-refractivity contribution in [2.75, 3.05) is 26.2 Å². The first-order valence-electron chi connectivity index (χ1n) is 8.54. The summed E-state index contributed by atoms with van der Waals surface area (Å²) in [7, 11) is 0. The molecule has 0 spiro atoms. The molecular formula is C18H26BrN2O3+. The minimum atomic E-state index is -0.0927. The van der Waals surface area contributed by atoms with Gasteiger partial charge in [0.2, 0.25) is 0 Å². The quantitative estimate of drug-likeness (QED) is 0.714. The molecular weight excluding hydrogens is 372 g/mol. The Kier molecular flexibility index (Phi) is 7.24. The molecule has 132 valence electrons. The van der Waals surface area contributed by atoms with Gasteiger partial charge in [0.05, 0.1) is 31.7 Å². The average molecular weight is 398 g/mol. The summed E-state index contributed by atoms with van der Waals surface area (Å²) in [5, 5.41) is 3.05. The van der Waals surface area contributed by atoms with Crippen molar-refractivity contribution in [3.05, 3.63) is 34.3 Å². The van der Waals surface area contributed by atoms with Crippen molar-refractivity contribution in [3.63, 3.8) is 0 Å². The van der Waals surface area contributed by atoms with Gasteiger partial charge in [0.25, 0.3) is 5.91 Å². The molecule has 1 atom stereocenters. The van der Waals surface area contributed by atoms with Crippen LogP contribution in [0.1, 0.15) is 38.3 Å². The molecule has 0 unspecified atom stereocenters. The number of benzene rings is 1. The summed E-state index contributed by atoms with van der Waals surface area (Å²) in [4.78, 5) is 25.2. The molecule has 1 aliphatic rings. The highest BCUT2D eigenvalue weighted by atomic mass is 79.9. The number of carbonyl (C=O) groups is 2. The topological polar surface area (TPSA) is 59.8 Å². The Labute approximate surface area is 151 Å². The van der Waals surface area contributed by atoms with Crippen LogP contribution in [0.4, 0.5) is 0 Å². The van der Waals surface area contributed by atoms with Crippen LogP contribution in [-0.2, 0) is 14.3 Å². The zero-order valence-corrected chi connectivity index (χ0v) is 15.9. The Balaban J connectivity index is 1.75. The van der Waals surface area contributed by atoms with Gasteiger partial charge >= 0.3 is 5.97 Å². The van der Waals surface area contributed by atoms with Crippen molar-refractivity contribution >= 4 is 27.8 Å². The lowest BCUT2D eigenvalue weighted by Crippen LogP contribution is -3.14. The summed E-state index contributed by atoms with van der Waals surface area (Å²) in [5.74, 6) is -0.0432. The summed E-state index contributed by atoms with van der Waals surface area (Å²) < 4.78 is 6.10. The molecule has 5 nitrogen and oxygen atoms in total. The van der Waals surface area contributed by atoms with Crippen molar-refractivity contribution in [2.24, 2.45) is 5.92 Å². The Morgan fingerprint density at radius 1 is 1.29 bits per heavy atom. The number of halogens is 1. The van der Waals surface area contributed by atoms with E-state index in [0.29, 0.717) is 13.2 Å². The van der Waals surface area contributed by atoms with Gasteiger partial charge in [-0.2, -0.15) is 0 Å². The molecule has 0 saturated carbocycles. The molecule has 0 aromatic heterocycles. The number of hydrogen-bond donors (Lipinski definition) is 2. The predicted molar refractivity (Wildman–Crippen MR) is 95.6 cm³/mol. The molecule has 1 amide bonds. The van der Waals surface area contributed by atoms with Crippen LogP contribution in [0.25, 0.3) is 0 Å². The monoisotopic (exact) mass is 397 g/mol. The van der Waals surface area contributed by atoms with Crippen LogP contribution < -0.4 is 10.2 Å². The van der Waals surface area contributed by atoms with E-state index in [1.165, 1.54) is 4.90 Å². The van der Waals surface area contributed by atoms with Crippen molar-refractivity contribution in [1.29, 1.82) is 0 Å². The molecule has 1 aromatic rings. The fourth-order valence-electron chi connectivity index (χ4n) is 3.05. The third kappa shape index (κ3) is 5.60. The summed E-state index contributed by atoms with van der Waals surface area (Å²) in [6.45, 7) is 6.38. The van der Waals surface area contributed by atoms with Gasteiger partial charge in [0, 0.05) is 17.3 Å². The van der Waals surface area contributed by atoms with Crippen LogP contribution in [0.3, 0.4) is 0 Å². The number of quaternary nitrogens is 1. The lowest BCUT2D eigenvalue weighted by Gasteiger charge is -2.28. The Morgan fingerprint density at radius 2 is 1.92 bits per heavy atom. The molecule has 1 aromatic carbocycles. The lowest BCUT2D eigenvalue weighted by molar-refractivity contribution is -0.897. The lowest BCUT2D eigenvalue weighted by atomic mass is 9.97. The van der Waals surface area contributed by atoms with Crippen LogP contribution in [0.15, 0.2) is 28.7 Å². The van der Waals surface area contributed by atoms with Crippen molar-refractivity contribution in [1.82, 2.24) is 5.32 Å². The molecule has 2 rings (SSSR count). The molecule has 1 heterocycles. The van der Waals surface area contributed by atoms with Crippen molar-refractivity contribution < 1.29 is 19.2 Å². The van der Waals surface area contributed by atoms with E-state index in [-0.39, 0.29) is 23.8 Å². The van der Waals surface area contributed by atoms with Crippen LogP contribution in [0.2, 0.25) is 0 Å². The van der Waals surface area contributed by atoms with E-state index >= 15 is 0 Å². The van der Waals surface area contributed by atoms with Crippen LogP contribution >= 0.6 is 15.9 Å². The molecule has 2 N–H and O–H groups in total. The van der Waals surface area contributed by atoms with E-state index < -0.39 is 0 Å². The zero-order chi connectivity index (χ0) is 17.5. The first-order valence-corrected chi connectivity index (χ1v) is 9.34. The van der Waals surface area contributed by atoms with Crippen LogP contribution in [0, 0.1) is 5.92 Å². The van der Waals surface area contributed by atoms with Gasteiger partial charge in [0.15, 0.2) is 6.54 Å². The third-order valence-corrected chi connectivity index (χ3v) is 5.00. The predicted octanol–water partition coefficient (Wildman–Crippen LogP) is 1.48. The van der Waals surface area contributed by atoms with E-state index in [1.807, 2.05) is 38.1 Å². The maximum absolute atomic E-state index is 12.2. The van der Waals surface area contributed by atoms with Gasteiger partial charge in [-0.15, -0.1) is 0 Å². The third-order valence-electron chi connectivity index (χ3n) is 4.47. The highest BCUT2D eigenvalue weighted by molar-refractivity contribution is 9.10. The molecule has 6 heteroatoms. The van der Waals surface area contributed by atoms with Gasteiger partial charge < -0.3 is 15.0 Å². The maximum Gasteiger partial charge on any atom is 0.309 e. The van der Waals surface area contributed by atoms with Gasteiger partial charge in [0.1, 0.15) is 0 Å². The van der Waals surface area contributed by atoms with E-state index in [4.69, 9.17) is 4.74 Å². The summed E-state index contributed by atoms with van der Waals surface area (Å²) >= 11 is 3.41. The summed E-state index contributed by atoms with van der Waals surface area (Å²) in [5.41, 5.74) is 1.09. The Bertz CT molecular complexity index is 554. The van der Waals surface area contributed by atoms with Gasteiger partial charge in [-0.25, -0.2) is 0 Å². The normalized spacial score (nSPS) is 21.8. The molecule has 0 aliphatic carbocycles. The van der Waals surface area contributed by atoms with Crippen LogP contribution in [0.5, 0.6) is 0 Å². The first kappa shape index (κ1) is 18.9. The smallest absolute Gasteiger partial charge is 0.309 e. The number of esters is 1. The van der Waals surface area contributed by atoms with E-state index in [1.54, 1.807) is 0 Å². The average Bonchev–Trinajstić information content (AvgIpc) is 2.56. The molecule has 24 heavy (non-hydrogen) atoms. The maximum atomic E-state index is 12.2. The van der Waals surface area contributed by atoms with Gasteiger partial charge in [-0.05, 0) is 31.5 Å². The van der Waals surface area contributed by atoms with Crippen molar-refractivity contribution in [2.45, 2.75) is 32.7 Å². The first-order chi connectivity index (χ1) is 11.5. The number of likely N-dealkylation sites (tertiary alicyclic amines) is 1. The van der Waals surface area contributed by atoms with E-state index in [0.717, 1.165) is 36.0 Å². The highest BCUT2D eigenvalue weighted by Crippen LogP contribution is 2.16. The van der Waals surface area contributed by atoms with E-state index in [2.05, 4.69) is 21.2 Å². The second kappa shape index (κ2) is 9.18. The second-order valence-electron chi connectivity index (χ2n) is 6.29. The number of amides is 1. The fourth-order valence-corrected chi connectivity index (χ4v) is 3.32. The Morgan fingerprint density at radius 3 is 2.50 bits per heavy atom. The second-order valence-corrected chi connectivity index (χ2v) is 7.21. The standard InChI is InChI=1S/C18H25BrN2O3/c1-3-24-18(23)15-8-10-21(11-9-15)12-17(22)20-13(2)14-4-6-16(19)7-5-14/h4-7,13,15H,3,8-12H2,1-2H3,(H,20,22)/p+1/t13-/m1/s1. The van der Waals surface area contributed by atoms with E-state index in [9.17, 15) is 9.59 Å². The largest absolute Gasteiger partial charge is 0.466 e. The number of nitrogens with one attached hydrogen (secondary N) is 2. The number of hydrogen-bond acceptors (Lipinski definition) is 3. The minimum absolute atomic E-state index is 0.00143. The number of piperidine rings is 1. The van der Waals surface area contributed by atoms with Crippen molar-refractivity contribution in [3.8, 4) is 0 Å². The summed E-state index contributed by atoms with van der Waals surface area (Å²) in [6.07, 6.45) is 1.59. The number of ether oxygens (including phenoxy) is 1. The van der Waals surface area contributed by atoms with Crippen LogP contribution in [-0.4, -0.2) is 38.1 Å². The summed E-state index contributed by atoms with van der Waals surface area (Å²) in [6, 6.07) is 7.95. The molecule has 1 fully saturated rings. The number of carbonyl (C=O) groups excluding carboxylic acids is 2. The molecule has 0 radical (unpaired) electrons. The highest BCUT2D eigenvalue weighted by Gasteiger charge is 2.29. The molecule has 1 saturated heterocycles. The fraction of sp³-hybridized carbons (Fsp3) is 0.556.